The van der Waals surface area contributed by atoms with E-state index in [2.05, 4.69) is 30.3 Å². The molecule has 34 heavy (non-hydrogen) atoms. The van der Waals surface area contributed by atoms with Crippen molar-refractivity contribution in [3.8, 4) is 5.75 Å². The first-order valence-electron chi connectivity index (χ1n) is 12.5. The quantitative estimate of drug-likeness (QED) is 0.547. The lowest BCUT2D eigenvalue weighted by Crippen LogP contribution is -2.33. The number of nitrogens with one attached hydrogen (secondary N) is 2. The molecule has 2 aliphatic rings. The van der Waals surface area contributed by atoms with Crippen LogP contribution in [0.1, 0.15) is 44.9 Å². The Labute approximate surface area is 199 Å². The highest BCUT2D eigenvalue weighted by Crippen LogP contribution is 2.26. The van der Waals surface area contributed by atoms with Crippen LogP contribution in [0.3, 0.4) is 0 Å². The first-order chi connectivity index (χ1) is 16.8. The van der Waals surface area contributed by atoms with Gasteiger partial charge in [-0.2, -0.15) is 10.1 Å². The van der Waals surface area contributed by atoms with Crippen molar-refractivity contribution >= 4 is 28.4 Å². The highest BCUT2D eigenvalue weighted by Gasteiger charge is 2.18. The van der Waals surface area contributed by atoms with E-state index in [4.69, 9.17) is 9.72 Å². The summed E-state index contributed by atoms with van der Waals surface area (Å²) in [6.45, 7) is 5.84. The van der Waals surface area contributed by atoms with E-state index in [9.17, 15) is 4.79 Å². The fourth-order valence-electron chi connectivity index (χ4n) is 4.74. The zero-order chi connectivity index (χ0) is 23.2. The van der Waals surface area contributed by atoms with Crippen LogP contribution in [0, 0.1) is 0 Å². The van der Waals surface area contributed by atoms with Crippen LogP contribution >= 0.6 is 0 Å². The summed E-state index contributed by atoms with van der Waals surface area (Å²) in [4.78, 5) is 26.7. The molecule has 0 bridgehead atoms. The molecule has 0 unspecified atom stereocenters. The Kier molecular flexibility index (Phi) is 7.19. The number of rotatable bonds is 7. The summed E-state index contributed by atoms with van der Waals surface area (Å²) < 4.78 is 5.95. The number of hydrogen-bond acceptors (Lipinski definition) is 8. The summed E-state index contributed by atoms with van der Waals surface area (Å²) in [6, 6.07) is 7.79. The standard InChI is InChI=1S/C25H33N7O2/c33-24-22-21(18-26-30-24)28-25(32-14-6-1-2-7-15-32)29-23(22)27-19-8-10-20(11-9-19)34-17-16-31-12-4-3-5-13-31/h8-11,18H,1-7,12-17H2,(H,30,33)(H,27,28,29). The molecule has 3 aromatic rings. The molecule has 2 aliphatic heterocycles. The highest BCUT2D eigenvalue weighted by molar-refractivity contribution is 5.90. The molecule has 0 radical (unpaired) electrons. The lowest BCUT2D eigenvalue weighted by atomic mass is 10.1. The molecule has 0 atom stereocenters. The van der Waals surface area contributed by atoms with Crippen LogP contribution in [-0.4, -0.2) is 64.4 Å². The fraction of sp³-hybridized carbons (Fsp3) is 0.520. The summed E-state index contributed by atoms with van der Waals surface area (Å²) in [5.74, 6) is 1.97. The number of benzene rings is 1. The van der Waals surface area contributed by atoms with Crippen LogP contribution in [0.4, 0.5) is 17.5 Å². The molecule has 4 heterocycles. The zero-order valence-electron chi connectivity index (χ0n) is 19.6. The van der Waals surface area contributed by atoms with Crippen LogP contribution in [0.2, 0.25) is 0 Å². The Hall–Kier alpha value is -3.20. The largest absolute Gasteiger partial charge is 0.492 e. The first kappa shape index (κ1) is 22.6. The van der Waals surface area contributed by atoms with Gasteiger partial charge in [-0.15, -0.1) is 0 Å². The summed E-state index contributed by atoms with van der Waals surface area (Å²) in [6.07, 6.45) is 10.2. The van der Waals surface area contributed by atoms with Crippen molar-refractivity contribution in [2.75, 3.05) is 49.5 Å². The van der Waals surface area contributed by atoms with Gasteiger partial charge in [-0.3, -0.25) is 9.69 Å². The highest BCUT2D eigenvalue weighted by atomic mass is 16.5. The number of anilines is 3. The van der Waals surface area contributed by atoms with Crippen LogP contribution in [0.25, 0.3) is 10.9 Å². The van der Waals surface area contributed by atoms with Crippen molar-refractivity contribution in [2.45, 2.75) is 44.9 Å². The lowest BCUT2D eigenvalue weighted by molar-refractivity contribution is 0.183. The van der Waals surface area contributed by atoms with Gasteiger partial charge in [0.2, 0.25) is 5.95 Å². The smallest absolute Gasteiger partial charge is 0.277 e. The van der Waals surface area contributed by atoms with Gasteiger partial charge in [-0.1, -0.05) is 19.3 Å². The van der Waals surface area contributed by atoms with Crippen LogP contribution in [0.5, 0.6) is 5.75 Å². The molecule has 9 nitrogen and oxygen atoms in total. The van der Waals surface area contributed by atoms with Gasteiger partial charge in [-0.05, 0) is 63.0 Å². The average Bonchev–Trinajstić information content (AvgIpc) is 3.15. The number of ether oxygens (including phenoxy) is 1. The third kappa shape index (κ3) is 5.47. The van der Waals surface area contributed by atoms with Crippen molar-refractivity contribution in [3.05, 3.63) is 40.8 Å². The van der Waals surface area contributed by atoms with Gasteiger partial charge in [-0.25, -0.2) is 10.1 Å². The topological polar surface area (TPSA) is 99.3 Å². The lowest BCUT2D eigenvalue weighted by Gasteiger charge is -2.26. The summed E-state index contributed by atoms with van der Waals surface area (Å²) in [5.41, 5.74) is 1.07. The first-order valence-corrected chi connectivity index (χ1v) is 12.5. The predicted molar refractivity (Wildman–Crippen MR) is 134 cm³/mol. The molecule has 180 valence electrons. The number of aromatic amines is 1. The third-order valence-corrected chi connectivity index (χ3v) is 6.64. The number of likely N-dealkylation sites (tertiary alicyclic amines) is 1. The number of H-pyrrole nitrogens is 1. The van der Waals surface area contributed by atoms with Crippen molar-refractivity contribution < 1.29 is 4.74 Å². The number of aromatic nitrogens is 4. The second kappa shape index (κ2) is 10.8. The van der Waals surface area contributed by atoms with Crippen LogP contribution < -0.4 is 20.5 Å². The monoisotopic (exact) mass is 463 g/mol. The van der Waals surface area contributed by atoms with Gasteiger partial charge in [0.1, 0.15) is 29.1 Å². The number of piperidine rings is 1. The Bertz CT molecular complexity index is 1130. The van der Waals surface area contributed by atoms with E-state index < -0.39 is 0 Å². The number of nitrogens with zero attached hydrogens (tertiary/aromatic N) is 5. The molecule has 2 saturated heterocycles. The number of fused-ring (bicyclic) bond motifs is 1. The Morgan fingerprint density at radius 3 is 2.38 bits per heavy atom. The SMILES string of the molecule is O=c1[nH]ncc2nc(N3CCCCCC3)nc(Nc3ccc(OCCN4CCCCC4)cc3)c12. The summed E-state index contributed by atoms with van der Waals surface area (Å²) in [5, 5.41) is 10.2. The van der Waals surface area contributed by atoms with Gasteiger partial charge < -0.3 is 15.0 Å². The number of hydrogen-bond donors (Lipinski definition) is 2. The fourth-order valence-corrected chi connectivity index (χ4v) is 4.74. The molecule has 0 spiro atoms. The van der Waals surface area contributed by atoms with Gasteiger partial charge in [0.05, 0.1) is 6.20 Å². The minimum absolute atomic E-state index is 0.305. The maximum absolute atomic E-state index is 12.6. The van der Waals surface area contributed by atoms with Gasteiger partial charge in [0.25, 0.3) is 5.56 Å². The molecule has 0 saturated carbocycles. The van der Waals surface area contributed by atoms with Gasteiger partial charge >= 0.3 is 0 Å². The second-order valence-electron chi connectivity index (χ2n) is 9.13. The van der Waals surface area contributed by atoms with E-state index in [1.807, 2.05) is 24.3 Å². The molecule has 2 fully saturated rings. The minimum Gasteiger partial charge on any atom is -0.492 e. The van der Waals surface area contributed by atoms with Gasteiger partial charge in [0.15, 0.2) is 0 Å². The van der Waals surface area contributed by atoms with E-state index >= 15 is 0 Å². The molecule has 2 N–H and O–H groups in total. The van der Waals surface area contributed by atoms with Crippen molar-refractivity contribution in [3.63, 3.8) is 0 Å². The Morgan fingerprint density at radius 2 is 1.62 bits per heavy atom. The van der Waals surface area contributed by atoms with Crippen LogP contribution in [-0.2, 0) is 0 Å². The minimum atomic E-state index is -0.305. The second-order valence-corrected chi connectivity index (χ2v) is 9.13. The molecule has 2 aromatic heterocycles. The van der Waals surface area contributed by atoms with E-state index in [0.29, 0.717) is 29.3 Å². The molecular formula is C25H33N7O2. The molecule has 5 rings (SSSR count). The predicted octanol–water partition coefficient (Wildman–Crippen LogP) is 3.70. The van der Waals surface area contributed by atoms with Crippen LogP contribution in [0.15, 0.2) is 35.3 Å². The maximum atomic E-state index is 12.6. The molecule has 1 aromatic carbocycles. The molecular weight excluding hydrogens is 430 g/mol. The van der Waals surface area contributed by atoms with E-state index in [0.717, 1.165) is 43.9 Å². The normalized spacial score (nSPS) is 17.5. The summed E-state index contributed by atoms with van der Waals surface area (Å²) >= 11 is 0. The maximum Gasteiger partial charge on any atom is 0.277 e. The molecule has 0 amide bonds. The third-order valence-electron chi connectivity index (χ3n) is 6.64. The molecule has 9 heteroatoms. The van der Waals surface area contributed by atoms with Gasteiger partial charge in [0, 0.05) is 25.3 Å². The van der Waals surface area contributed by atoms with E-state index in [1.165, 1.54) is 45.2 Å². The Morgan fingerprint density at radius 1 is 0.912 bits per heavy atom. The zero-order valence-corrected chi connectivity index (χ0v) is 19.6. The Balaban J connectivity index is 1.31. The average molecular weight is 464 g/mol. The van der Waals surface area contributed by atoms with E-state index in [1.54, 1.807) is 6.20 Å². The van der Waals surface area contributed by atoms with Crippen molar-refractivity contribution in [1.82, 2.24) is 25.1 Å². The molecule has 0 aliphatic carbocycles. The summed E-state index contributed by atoms with van der Waals surface area (Å²) in [7, 11) is 0. The van der Waals surface area contributed by atoms with E-state index in [-0.39, 0.29) is 5.56 Å². The van der Waals surface area contributed by atoms with Crippen molar-refractivity contribution in [1.29, 1.82) is 0 Å². The van der Waals surface area contributed by atoms with Crippen molar-refractivity contribution in [2.24, 2.45) is 0 Å².